The van der Waals surface area contributed by atoms with E-state index in [9.17, 15) is 0 Å². The van der Waals surface area contributed by atoms with Crippen LogP contribution in [0.25, 0.3) is 0 Å². The molecule has 1 fully saturated rings. The van der Waals surface area contributed by atoms with Crippen molar-refractivity contribution in [3.8, 4) is 0 Å². The van der Waals surface area contributed by atoms with Crippen molar-refractivity contribution in [2.75, 3.05) is 0 Å². The second-order valence-corrected chi connectivity index (χ2v) is 5.63. The van der Waals surface area contributed by atoms with Gasteiger partial charge in [0.15, 0.2) is 0 Å². The van der Waals surface area contributed by atoms with E-state index in [1.807, 2.05) is 11.3 Å². The van der Waals surface area contributed by atoms with Crippen molar-refractivity contribution in [1.29, 1.82) is 0 Å². The molecule has 1 aliphatic rings. The summed E-state index contributed by atoms with van der Waals surface area (Å²) in [5.74, 6) is 1.68. The fourth-order valence-corrected chi connectivity index (χ4v) is 3.22. The quantitative estimate of drug-likeness (QED) is 0.796. The Morgan fingerprint density at radius 1 is 1.50 bits per heavy atom. The molecule has 0 aromatic carbocycles. The summed E-state index contributed by atoms with van der Waals surface area (Å²) in [5.41, 5.74) is 6.02. The van der Waals surface area contributed by atoms with E-state index in [2.05, 4.69) is 24.4 Å². The van der Waals surface area contributed by atoms with E-state index in [0.717, 1.165) is 11.8 Å². The van der Waals surface area contributed by atoms with Crippen molar-refractivity contribution in [3.63, 3.8) is 0 Å². The van der Waals surface area contributed by atoms with Crippen LogP contribution in [0.3, 0.4) is 0 Å². The van der Waals surface area contributed by atoms with Crippen LogP contribution in [0.4, 0.5) is 0 Å². The molecule has 3 atom stereocenters. The fourth-order valence-electron chi connectivity index (χ4n) is 2.42. The predicted octanol–water partition coefficient (Wildman–Crippen LogP) is 3.05. The molecule has 0 amide bonds. The summed E-state index contributed by atoms with van der Waals surface area (Å²) in [4.78, 5) is 1.52. The first-order valence-electron chi connectivity index (χ1n) is 5.53. The SMILES string of the molecule is CC1CCC(N)CC1Cc1cccs1. The number of hydrogen-bond donors (Lipinski definition) is 1. The van der Waals surface area contributed by atoms with Gasteiger partial charge >= 0.3 is 0 Å². The Bertz CT molecular complexity index is 268. The summed E-state index contributed by atoms with van der Waals surface area (Å²) in [7, 11) is 0. The third-order valence-electron chi connectivity index (χ3n) is 3.45. The minimum Gasteiger partial charge on any atom is -0.328 e. The number of hydrogen-bond acceptors (Lipinski definition) is 2. The number of nitrogens with two attached hydrogens (primary N) is 1. The molecule has 0 aliphatic heterocycles. The molecule has 3 unspecified atom stereocenters. The van der Waals surface area contributed by atoms with Gasteiger partial charge in [-0.2, -0.15) is 0 Å². The van der Waals surface area contributed by atoms with Gasteiger partial charge in [0.2, 0.25) is 0 Å². The van der Waals surface area contributed by atoms with E-state index in [1.54, 1.807) is 0 Å². The first-order chi connectivity index (χ1) is 6.75. The van der Waals surface area contributed by atoms with Crippen molar-refractivity contribution >= 4 is 11.3 Å². The van der Waals surface area contributed by atoms with Gasteiger partial charge in [0.05, 0.1) is 0 Å². The van der Waals surface area contributed by atoms with Crippen LogP contribution < -0.4 is 5.73 Å². The zero-order chi connectivity index (χ0) is 9.97. The highest BCUT2D eigenvalue weighted by molar-refractivity contribution is 7.09. The molecule has 1 aromatic rings. The standard InChI is InChI=1S/C12H19NS/c1-9-4-5-11(13)7-10(9)8-12-3-2-6-14-12/h2-3,6,9-11H,4-5,7-8,13H2,1H3. The van der Waals surface area contributed by atoms with Crippen LogP contribution in [0.1, 0.15) is 31.1 Å². The van der Waals surface area contributed by atoms with E-state index in [4.69, 9.17) is 5.73 Å². The summed E-state index contributed by atoms with van der Waals surface area (Å²) in [6.07, 6.45) is 5.00. The Morgan fingerprint density at radius 2 is 2.36 bits per heavy atom. The summed E-state index contributed by atoms with van der Waals surface area (Å²) < 4.78 is 0. The zero-order valence-corrected chi connectivity index (χ0v) is 9.59. The maximum atomic E-state index is 6.02. The Hall–Kier alpha value is -0.340. The molecule has 1 heterocycles. The van der Waals surface area contributed by atoms with E-state index in [0.29, 0.717) is 6.04 Å². The molecular weight excluding hydrogens is 190 g/mol. The van der Waals surface area contributed by atoms with Gasteiger partial charge in [0, 0.05) is 10.9 Å². The van der Waals surface area contributed by atoms with Crippen LogP contribution in [0.5, 0.6) is 0 Å². The van der Waals surface area contributed by atoms with E-state index in [1.165, 1.54) is 30.6 Å². The van der Waals surface area contributed by atoms with Crippen molar-refractivity contribution in [1.82, 2.24) is 0 Å². The Balaban J connectivity index is 1.95. The van der Waals surface area contributed by atoms with Gasteiger partial charge in [-0.25, -0.2) is 0 Å². The van der Waals surface area contributed by atoms with Crippen molar-refractivity contribution < 1.29 is 0 Å². The molecule has 2 N–H and O–H groups in total. The van der Waals surface area contributed by atoms with E-state index < -0.39 is 0 Å². The highest BCUT2D eigenvalue weighted by Crippen LogP contribution is 2.32. The monoisotopic (exact) mass is 209 g/mol. The van der Waals surface area contributed by atoms with Gasteiger partial charge in [-0.15, -0.1) is 11.3 Å². The molecule has 78 valence electrons. The average molecular weight is 209 g/mol. The van der Waals surface area contributed by atoms with E-state index in [-0.39, 0.29) is 0 Å². The minimum absolute atomic E-state index is 0.455. The maximum absolute atomic E-state index is 6.02. The van der Waals surface area contributed by atoms with Gasteiger partial charge in [-0.05, 0) is 49.0 Å². The predicted molar refractivity (Wildman–Crippen MR) is 62.5 cm³/mol. The molecule has 0 saturated heterocycles. The molecule has 0 radical (unpaired) electrons. The molecule has 1 nitrogen and oxygen atoms in total. The van der Waals surface area contributed by atoms with Gasteiger partial charge in [0.1, 0.15) is 0 Å². The molecule has 1 aromatic heterocycles. The lowest BCUT2D eigenvalue weighted by atomic mass is 9.76. The minimum atomic E-state index is 0.455. The fraction of sp³-hybridized carbons (Fsp3) is 0.667. The highest BCUT2D eigenvalue weighted by atomic mass is 32.1. The maximum Gasteiger partial charge on any atom is 0.00480 e. The van der Waals surface area contributed by atoms with Crippen molar-refractivity contribution in [2.24, 2.45) is 17.6 Å². The smallest absolute Gasteiger partial charge is 0.00480 e. The normalized spacial score (nSPS) is 33.1. The summed E-state index contributed by atoms with van der Waals surface area (Å²) in [5, 5.41) is 2.17. The average Bonchev–Trinajstić information content (AvgIpc) is 2.64. The summed E-state index contributed by atoms with van der Waals surface area (Å²) in [6.45, 7) is 2.38. The van der Waals surface area contributed by atoms with Gasteiger partial charge in [-0.1, -0.05) is 13.0 Å². The van der Waals surface area contributed by atoms with E-state index >= 15 is 0 Å². The van der Waals surface area contributed by atoms with Crippen LogP contribution in [0.15, 0.2) is 17.5 Å². The molecule has 2 heteroatoms. The molecule has 1 aliphatic carbocycles. The second kappa shape index (κ2) is 4.45. The van der Waals surface area contributed by atoms with Gasteiger partial charge < -0.3 is 5.73 Å². The zero-order valence-electron chi connectivity index (χ0n) is 8.78. The van der Waals surface area contributed by atoms with Crippen LogP contribution in [0, 0.1) is 11.8 Å². The first kappa shape index (κ1) is 10.2. The number of thiophene rings is 1. The Kier molecular flexibility index (Phi) is 3.24. The highest BCUT2D eigenvalue weighted by Gasteiger charge is 2.25. The van der Waals surface area contributed by atoms with Crippen molar-refractivity contribution in [2.45, 2.75) is 38.6 Å². The molecule has 14 heavy (non-hydrogen) atoms. The topological polar surface area (TPSA) is 26.0 Å². The Labute approximate surface area is 90.3 Å². The lowest BCUT2D eigenvalue weighted by Crippen LogP contribution is -2.33. The van der Waals surface area contributed by atoms with Gasteiger partial charge in [-0.3, -0.25) is 0 Å². The second-order valence-electron chi connectivity index (χ2n) is 4.59. The lowest BCUT2D eigenvalue weighted by Gasteiger charge is -2.32. The van der Waals surface area contributed by atoms with Crippen LogP contribution >= 0.6 is 11.3 Å². The molecule has 0 bridgehead atoms. The Morgan fingerprint density at radius 3 is 3.07 bits per heavy atom. The molecular formula is C12H19NS. The third-order valence-corrected chi connectivity index (χ3v) is 4.35. The summed E-state index contributed by atoms with van der Waals surface area (Å²) >= 11 is 1.88. The molecule has 0 spiro atoms. The first-order valence-corrected chi connectivity index (χ1v) is 6.41. The van der Waals surface area contributed by atoms with Crippen LogP contribution in [0.2, 0.25) is 0 Å². The van der Waals surface area contributed by atoms with Crippen molar-refractivity contribution in [3.05, 3.63) is 22.4 Å². The number of rotatable bonds is 2. The summed E-state index contributed by atoms with van der Waals surface area (Å²) in [6, 6.07) is 4.85. The largest absolute Gasteiger partial charge is 0.328 e. The van der Waals surface area contributed by atoms with Crippen LogP contribution in [-0.2, 0) is 6.42 Å². The lowest BCUT2D eigenvalue weighted by molar-refractivity contribution is 0.232. The van der Waals surface area contributed by atoms with Crippen LogP contribution in [-0.4, -0.2) is 6.04 Å². The third kappa shape index (κ3) is 2.37. The molecule has 2 rings (SSSR count). The molecule has 1 saturated carbocycles. The van der Waals surface area contributed by atoms with Gasteiger partial charge in [0.25, 0.3) is 0 Å².